The van der Waals surface area contributed by atoms with Crippen LogP contribution in [0.4, 0.5) is 0 Å². The standard InChI is InChI=1S/C25H23.C12H7Si.2ClH.Zr/c1-3-18(2)23-15-14-21-16-22(19-10-6-4-7-11-19)17-24(21)25(23)20-12-8-5-9-13-20;1-3-7-11-9(5-1)10-6-2-4-8-12(10)13-11;;;/h4-18H,3H2,1-2H3;1-7H;2*1H;/q2*-1;;;+4/p-2. The second-order valence-corrected chi connectivity index (χ2v) is 15.0. The van der Waals surface area contributed by atoms with Gasteiger partial charge in [-0.15, -0.1) is 40.1 Å². The Bertz CT molecular complexity index is 1670. The van der Waals surface area contributed by atoms with Crippen molar-refractivity contribution in [1.29, 1.82) is 0 Å². The number of halogens is 2. The van der Waals surface area contributed by atoms with E-state index in [1.54, 1.807) is 0 Å². The van der Waals surface area contributed by atoms with Crippen LogP contribution in [0.1, 0.15) is 31.7 Å². The maximum absolute atomic E-state index is 4.93. The van der Waals surface area contributed by atoms with Crippen LogP contribution in [0.2, 0.25) is 0 Å². The van der Waals surface area contributed by atoms with Crippen LogP contribution in [-0.2, 0) is 20.8 Å². The molecular weight excluding hydrogens is 635 g/mol. The van der Waals surface area contributed by atoms with Crippen LogP contribution < -0.4 is 10.4 Å². The summed E-state index contributed by atoms with van der Waals surface area (Å²) in [6, 6.07) is 48.9. The molecule has 0 nitrogen and oxygen atoms in total. The summed E-state index contributed by atoms with van der Waals surface area (Å²) in [6.07, 6.45) is 1.15. The Morgan fingerprint density at radius 2 is 1.41 bits per heavy atom. The largest absolute Gasteiger partial charge is 0.184 e. The van der Waals surface area contributed by atoms with Crippen LogP contribution in [0.5, 0.6) is 0 Å². The van der Waals surface area contributed by atoms with Gasteiger partial charge in [-0.25, -0.2) is 0 Å². The fourth-order valence-corrected chi connectivity index (χ4v) is 6.69. The van der Waals surface area contributed by atoms with E-state index in [0.717, 1.165) is 15.9 Å². The summed E-state index contributed by atoms with van der Waals surface area (Å²) < 4.78 is 0. The van der Waals surface area contributed by atoms with Gasteiger partial charge in [0, 0.05) is 0 Å². The van der Waals surface area contributed by atoms with Crippen LogP contribution in [0.25, 0.3) is 44.2 Å². The minimum absolute atomic E-state index is 0.551. The number of rotatable bonds is 4. The van der Waals surface area contributed by atoms with Gasteiger partial charge in [-0.1, -0.05) is 127 Å². The molecule has 0 fully saturated rings. The Balaban J connectivity index is 0.000000175. The molecule has 0 N–H and O–H groups in total. The first-order valence-corrected chi connectivity index (χ1v) is 21.1. The van der Waals surface area contributed by atoms with Crippen LogP contribution in [0.3, 0.4) is 0 Å². The molecule has 4 heteroatoms. The number of hydrogen-bond donors (Lipinski definition) is 0. The van der Waals surface area contributed by atoms with Gasteiger partial charge in [-0.05, 0) is 23.5 Å². The molecule has 1 heterocycles. The van der Waals surface area contributed by atoms with Crippen LogP contribution in [0.15, 0.2) is 127 Å². The van der Waals surface area contributed by atoms with Crippen molar-refractivity contribution in [2.45, 2.75) is 26.2 Å². The smallest absolute Gasteiger partial charge is 0.0920 e. The molecule has 0 aliphatic carbocycles. The van der Waals surface area contributed by atoms with E-state index >= 15 is 0 Å². The zero-order valence-corrected chi connectivity index (χ0v) is 28.1. The molecule has 0 aromatic heterocycles. The summed E-state index contributed by atoms with van der Waals surface area (Å²) in [5, 5.41) is 5.51. The van der Waals surface area contributed by atoms with Crippen molar-refractivity contribution in [3.05, 3.63) is 139 Å². The first-order valence-electron chi connectivity index (χ1n) is 13.8. The third kappa shape index (κ3) is 6.90. The van der Waals surface area contributed by atoms with Gasteiger partial charge in [0.15, 0.2) is 0 Å². The Morgan fingerprint density at radius 3 is 2.12 bits per heavy atom. The van der Waals surface area contributed by atoms with Crippen molar-refractivity contribution in [3.63, 3.8) is 0 Å². The van der Waals surface area contributed by atoms with Crippen molar-refractivity contribution >= 4 is 47.7 Å². The third-order valence-electron chi connectivity index (χ3n) is 7.57. The molecule has 0 bridgehead atoms. The Morgan fingerprint density at radius 1 is 0.780 bits per heavy atom. The van der Waals surface area contributed by atoms with Gasteiger partial charge in [0.25, 0.3) is 0 Å². The van der Waals surface area contributed by atoms with Crippen molar-refractivity contribution in [1.82, 2.24) is 0 Å². The molecule has 0 amide bonds. The topological polar surface area (TPSA) is 0 Å². The second-order valence-electron chi connectivity index (χ2n) is 10.0. The second kappa shape index (κ2) is 14.5. The summed E-state index contributed by atoms with van der Waals surface area (Å²) in [6.45, 7) is 4.60. The summed E-state index contributed by atoms with van der Waals surface area (Å²) in [7, 11) is 10.7. The van der Waals surface area contributed by atoms with Crippen LogP contribution >= 0.6 is 17.0 Å². The molecule has 6 aromatic carbocycles. The summed E-state index contributed by atoms with van der Waals surface area (Å²) in [4.78, 5) is 0. The maximum atomic E-state index is 4.93. The van der Waals surface area contributed by atoms with Crippen molar-refractivity contribution in [2.75, 3.05) is 0 Å². The average Bonchev–Trinajstić information content (AvgIpc) is 3.64. The Labute approximate surface area is 265 Å². The molecule has 1 aliphatic heterocycles. The summed E-state index contributed by atoms with van der Waals surface area (Å²) >= 11 is -0.826. The molecule has 0 saturated carbocycles. The van der Waals surface area contributed by atoms with Crippen molar-refractivity contribution < 1.29 is 20.8 Å². The molecule has 200 valence electrons. The predicted octanol–water partition coefficient (Wildman–Crippen LogP) is 9.90. The number of fused-ring (bicyclic) bond motifs is 4. The van der Waals surface area contributed by atoms with E-state index in [0.29, 0.717) is 5.92 Å². The summed E-state index contributed by atoms with van der Waals surface area (Å²) in [5.41, 5.74) is 9.51. The zero-order chi connectivity index (χ0) is 28.6. The van der Waals surface area contributed by atoms with Gasteiger partial charge in [0.2, 0.25) is 0 Å². The number of hydrogen-bond acceptors (Lipinski definition) is 0. The van der Waals surface area contributed by atoms with Gasteiger partial charge < -0.3 is 0 Å². The average molecular weight is 665 g/mol. The van der Waals surface area contributed by atoms with E-state index in [-0.39, 0.29) is 0 Å². The third-order valence-corrected chi connectivity index (χ3v) is 8.94. The Kier molecular flexibility index (Phi) is 10.6. The van der Waals surface area contributed by atoms with E-state index in [2.05, 4.69) is 141 Å². The maximum Gasteiger partial charge on any atom is 0.0920 e. The van der Waals surface area contributed by atoms with E-state index in [9.17, 15) is 0 Å². The molecule has 6 aromatic rings. The molecule has 0 saturated heterocycles. The van der Waals surface area contributed by atoms with Gasteiger partial charge in [-0.2, -0.15) is 29.5 Å². The Hall–Kier alpha value is -2.61. The van der Waals surface area contributed by atoms with E-state index in [4.69, 9.17) is 17.0 Å². The first kappa shape index (κ1) is 29.9. The zero-order valence-electron chi connectivity index (χ0n) is 23.2. The molecule has 2 radical (unpaired) electrons. The minimum Gasteiger partial charge on any atom is -0.184 e. The molecule has 1 unspecified atom stereocenters. The summed E-state index contributed by atoms with van der Waals surface area (Å²) in [5.74, 6) is 0.551. The van der Waals surface area contributed by atoms with E-state index in [1.807, 2.05) is 6.07 Å². The molecule has 1 atom stereocenters. The SMILES string of the molecule is CCC(C)c1ccc2[cH-]c(-c3ccccc3)cc2c1-c1ccccc1.[Cl][Zr+2][Cl].[c-]1cccc2c1[Si]c1ccccc1-2. The van der Waals surface area contributed by atoms with Gasteiger partial charge in [0.05, 0.1) is 9.52 Å². The fraction of sp³-hybridized carbons (Fsp3) is 0.108. The van der Waals surface area contributed by atoms with E-state index < -0.39 is 20.8 Å². The van der Waals surface area contributed by atoms with Gasteiger partial charge in [0.1, 0.15) is 0 Å². The minimum atomic E-state index is -0.826. The van der Waals surface area contributed by atoms with Gasteiger partial charge >= 0.3 is 37.9 Å². The molecule has 0 spiro atoms. The monoisotopic (exact) mass is 662 g/mol. The first-order chi connectivity index (χ1) is 20.1. The van der Waals surface area contributed by atoms with Gasteiger partial charge in [-0.3, -0.25) is 0 Å². The van der Waals surface area contributed by atoms with Crippen molar-refractivity contribution in [3.8, 4) is 33.4 Å². The van der Waals surface area contributed by atoms with Crippen LogP contribution in [0, 0.1) is 6.07 Å². The molecule has 1 aliphatic rings. The quantitative estimate of drug-likeness (QED) is 0.130. The fourth-order valence-electron chi connectivity index (χ4n) is 5.38. The van der Waals surface area contributed by atoms with Crippen LogP contribution in [-0.4, -0.2) is 9.52 Å². The molecular formula is C37H30Cl2SiZr. The normalized spacial score (nSPS) is 11.7. The number of benzene rings is 5. The molecule has 41 heavy (non-hydrogen) atoms. The molecule has 7 rings (SSSR count). The van der Waals surface area contributed by atoms with Crippen molar-refractivity contribution in [2.24, 2.45) is 0 Å². The predicted molar refractivity (Wildman–Crippen MR) is 177 cm³/mol. The van der Waals surface area contributed by atoms with E-state index in [1.165, 1.54) is 60.1 Å².